The van der Waals surface area contributed by atoms with Crippen LogP contribution in [0.4, 0.5) is 5.69 Å². The Labute approximate surface area is 183 Å². The molecule has 0 radical (unpaired) electrons. The van der Waals surface area contributed by atoms with E-state index in [2.05, 4.69) is 26.6 Å². The maximum atomic E-state index is 12.9. The van der Waals surface area contributed by atoms with E-state index in [9.17, 15) is 9.59 Å². The van der Waals surface area contributed by atoms with Gasteiger partial charge in [0.05, 0.1) is 5.56 Å². The molecule has 2 amide bonds. The molecule has 1 aliphatic carbocycles. The van der Waals surface area contributed by atoms with Crippen LogP contribution in [0.1, 0.15) is 39.1 Å². The van der Waals surface area contributed by atoms with E-state index < -0.39 is 0 Å². The Morgan fingerprint density at radius 1 is 0.933 bits per heavy atom. The number of benzene rings is 3. The maximum absolute atomic E-state index is 12.9. The van der Waals surface area contributed by atoms with E-state index >= 15 is 0 Å². The fraction of sp³-hybridized carbons (Fsp3) is 0.167. The van der Waals surface area contributed by atoms with E-state index in [0.29, 0.717) is 29.2 Å². The van der Waals surface area contributed by atoms with Gasteiger partial charge in [0, 0.05) is 21.8 Å². The van der Waals surface area contributed by atoms with Crippen LogP contribution >= 0.6 is 15.9 Å². The number of hydrogen-bond donors (Lipinski definition) is 2. The van der Waals surface area contributed by atoms with Gasteiger partial charge in [-0.25, -0.2) is 0 Å². The van der Waals surface area contributed by atoms with Gasteiger partial charge in [-0.15, -0.1) is 0 Å². The molecule has 4 rings (SSSR count). The van der Waals surface area contributed by atoms with Crippen LogP contribution in [-0.4, -0.2) is 17.9 Å². The van der Waals surface area contributed by atoms with Gasteiger partial charge in [-0.1, -0.05) is 46.3 Å². The third kappa shape index (κ3) is 5.27. The van der Waals surface area contributed by atoms with Gasteiger partial charge < -0.3 is 15.4 Å². The topological polar surface area (TPSA) is 67.4 Å². The minimum Gasteiger partial charge on any atom is -0.488 e. The zero-order chi connectivity index (χ0) is 20.9. The van der Waals surface area contributed by atoms with Crippen molar-refractivity contribution in [1.29, 1.82) is 0 Å². The molecule has 3 aromatic rings. The number of halogens is 1. The van der Waals surface area contributed by atoms with Crippen LogP contribution in [0.25, 0.3) is 0 Å². The summed E-state index contributed by atoms with van der Waals surface area (Å²) in [4.78, 5) is 25.1. The third-order valence-corrected chi connectivity index (χ3v) is 5.20. The number of nitrogens with one attached hydrogen (secondary N) is 2. The number of carbonyl (C=O) groups is 2. The summed E-state index contributed by atoms with van der Waals surface area (Å²) in [6.45, 7) is 0.348. The summed E-state index contributed by atoms with van der Waals surface area (Å²) in [6, 6.07) is 22.2. The normalized spacial score (nSPS) is 12.8. The lowest BCUT2D eigenvalue weighted by Crippen LogP contribution is -2.25. The first kappa shape index (κ1) is 20.2. The summed E-state index contributed by atoms with van der Waals surface area (Å²) < 4.78 is 6.88. The second-order valence-electron chi connectivity index (χ2n) is 7.20. The minimum atomic E-state index is -0.292. The molecule has 1 saturated carbocycles. The van der Waals surface area contributed by atoms with Crippen molar-refractivity contribution in [3.8, 4) is 5.75 Å². The zero-order valence-electron chi connectivity index (χ0n) is 16.2. The second kappa shape index (κ2) is 9.13. The van der Waals surface area contributed by atoms with Gasteiger partial charge in [0.25, 0.3) is 11.8 Å². The van der Waals surface area contributed by atoms with Crippen LogP contribution in [0.15, 0.2) is 77.3 Å². The molecule has 2 N–H and O–H groups in total. The Bertz CT molecular complexity index is 1080. The predicted molar refractivity (Wildman–Crippen MR) is 120 cm³/mol. The van der Waals surface area contributed by atoms with E-state index in [0.717, 1.165) is 22.9 Å². The summed E-state index contributed by atoms with van der Waals surface area (Å²) in [5.41, 5.74) is 2.51. The van der Waals surface area contributed by atoms with Crippen molar-refractivity contribution < 1.29 is 14.3 Å². The number of rotatable bonds is 7. The highest BCUT2D eigenvalue weighted by molar-refractivity contribution is 9.10. The minimum absolute atomic E-state index is 0.119. The first-order chi connectivity index (χ1) is 14.6. The molecule has 3 aromatic carbocycles. The first-order valence-electron chi connectivity index (χ1n) is 9.77. The van der Waals surface area contributed by atoms with Gasteiger partial charge in [-0.05, 0) is 60.9 Å². The van der Waals surface area contributed by atoms with Crippen molar-refractivity contribution in [2.24, 2.45) is 0 Å². The SMILES string of the molecule is O=C(NC1CC1)c1cccc(NC(=O)c2ccccc2OCc2cccc(Br)c2)c1. The summed E-state index contributed by atoms with van der Waals surface area (Å²) in [5.74, 6) is 0.0866. The number of ether oxygens (including phenoxy) is 1. The molecule has 0 heterocycles. The van der Waals surface area contributed by atoms with Gasteiger partial charge in [-0.2, -0.15) is 0 Å². The Kier molecular flexibility index (Phi) is 6.14. The smallest absolute Gasteiger partial charge is 0.259 e. The molecule has 1 aliphatic rings. The van der Waals surface area contributed by atoms with Crippen molar-refractivity contribution >= 4 is 33.4 Å². The maximum Gasteiger partial charge on any atom is 0.259 e. The monoisotopic (exact) mass is 464 g/mol. The van der Waals surface area contributed by atoms with E-state index in [1.807, 2.05) is 30.3 Å². The molecule has 0 atom stereocenters. The highest BCUT2D eigenvalue weighted by atomic mass is 79.9. The first-order valence-corrected chi connectivity index (χ1v) is 10.6. The molecule has 152 valence electrons. The van der Waals surface area contributed by atoms with E-state index in [-0.39, 0.29) is 17.9 Å². The van der Waals surface area contributed by atoms with Crippen molar-refractivity contribution in [3.05, 3.63) is 94.0 Å². The highest BCUT2D eigenvalue weighted by Crippen LogP contribution is 2.23. The van der Waals surface area contributed by atoms with Crippen molar-refractivity contribution in [1.82, 2.24) is 5.32 Å². The largest absolute Gasteiger partial charge is 0.488 e. The quantitative estimate of drug-likeness (QED) is 0.506. The summed E-state index contributed by atoms with van der Waals surface area (Å²) >= 11 is 3.45. The third-order valence-electron chi connectivity index (χ3n) is 4.71. The summed E-state index contributed by atoms with van der Waals surface area (Å²) in [6.07, 6.45) is 2.05. The molecule has 1 fully saturated rings. The molecule has 30 heavy (non-hydrogen) atoms. The molecular weight excluding hydrogens is 444 g/mol. The molecule has 6 heteroatoms. The summed E-state index contributed by atoms with van der Waals surface area (Å²) in [5, 5.41) is 5.82. The fourth-order valence-electron chi connectivity index (χ4n) is 3.00. The average Bonchev–Trinajstić information content (AvgIpc) is 3.57. The van der Waals surface area contributed by atoms with Crippen LogP contribution in [0.3, 0.4) is 0 Å². The predicted octanol–water partition coefficient (Wildman–Crippen LogP) is 5.17. The number of para-hydroxylation sites is 1. The van der Waals surface area contributed by atoms with E-state index in [1.54, 1.807) is 42.5 Å². The Hall–Kier alpha value is -3.12. The lowest BCUT2D eigenvalue weighted by atomic mass is 10.1. The molecular formula is C24H21BrN2O3. The molecule has 0 bridgehead atoms. The average molecular weight is 465 g/mol. The Balaban J connectivity index is 1.45. The van der Waals surface area contributed by atoms with E-state index in [4.69, 9.17) is 4.74 Å². The van der Waals surface area contributed by atoms with Crippen LogP contribution in [-0.2, 0) is 6.61 Å². The van der Waals surface area contributed by atoms with Crippen LogP contribution in [0, 0.1) is 0 Å². The molecule has 0 saturated heterocycles. The summed E-state index contributed by atoms with van der Waals surface area (Å²) in [7, 11) is 0. The van der Waals surface area contributed by atoms with Gasteiger partial charge in [0.2, 0.25) is 0 Å². The number of anilines is 1. The van der Waals surface area contributed by atoms with Gasteiger partial charge in [-0.3, -0.25) is 9.59 Å². The zero-order valence-corrected chi connectivity index (χ0v) is 17.8. The molecule has 0 aliphatic heterocycles. The van der Waals surface area contributed by atoms with Gasteiger partial charge in [0.1, 0.15) is 12.4 Å². The Morgan fingerprint density at radius 3 is 2.53 bits per heavy atom. The lowest BCUT2D eigenvalue weighted by Gasteiger charge is -2.12. The van der Waals surface area contributed by atoms with Gasteiger partial charge in [0.15, 0.2) is 0 Å². The van der Waals surface area contributed by atoms with Crippen LogP contribution in [0.2, 0.25) is 0 Å². The van der Waals surface area contributed by atoms with Gasteiger partial charge >= 0.3 is 0 Å². The standard InChI is InChI=1S/C24H21BrN2O3/c25-18-7-3-5-16(13-18)15-30-22-10-2-1-9-21(22)24(29)27-20-8-4-6-17(14-20)23(28)26-19-11-12-19/h1-10,13-14,19H,11-12,15H2,(H,26,28)(H,27,29). The second-order valence-corrected chi connectivity index (χ2v) is 8.11. The fourth-order valence-corrected chi connectivity index (χ4v) is 3.45. The molecule has 0 spiro atoms. The molecule has 5 nitrogen and oxygen atoms in total. The van der Waals surface area contributed by atoms with Crippen molar-refractivity contribution in [2.75, 3.05) is 5.32 Å². The number of hydrogen-bond acceptors (Lipinski definition) is 3. The van der Waals surface area contributed by atoms with Crippen LogP contribution in [0.5, 0.6) is 5.75 Å². The molecule has 0 unspecified atom stereocenters. The number of amides is 2. The van der Waals surface area contributed by atoms with Crippen molar-refractivity contribution in [3.63, 3.8) is 0 Å². The number of carbonyl (C=O) groups excluding carboxylic acids is 2. The van der Waals surface area contributed by atoms with Crippen molar-refractivity contribution in [2.45, 2.75) is 25.5 Å². The lowest BCUT2D eigenvalue weighted by molar-refractivity contribution is 0.0949. The highest BCUT2D eigenvalue weighted by Gasteiger charge is 2.24. The Morgan fingerprint density at radius 2 is 1.73 bits per heavy atom. The van der Waals surface area contributed by atoms with E-state index in [1.165, 1.54) is 0 Å². The van der Waals surface area contributed by atoms with Crippen LogP contribution < -0.4 is 15.4 Å². The molecule has 0 aromatic heterocycles.